The van der Waals surface area contributed by atoms with E-state index in [1.807, 2.05) is 26.0 Å². The molecule has 0 aromatic heterocycles. The zero-order valence-electron chi connectivity index (χ0n) is 9.30. The number of anilines is 1. The van der Waals surface area contributed by atoms with Gasteiger partial charge >= 0.3 is 0 Å². The van der Waals surface area contributed by atoms with Crippen molar-refractivity contribution in [1.82, 2.24) is 0 Å². The van der Waals surface area contributed by atoms with E-state index < -0.39 is 0 Å². The Morgan fingerprint density at radius 3 is 2.73 bits per heavy atom. The van der Waals surface area contributed by atoms with Crippen LogP contribution in [0.2, 0.25) is 5.02 Å². The highest BCUT2D eigenvalue weighted by molar-refractivity contribution is 6.31. The van der Waals surface area contributed by atoms with Crippen LogP contribution in [0, 0.1) is 6.92 Å². The minimum atomic E-state index is 0.208. The van der Waals surface area contributed by atoms with E-state index in [2.05, 4.69) is 5.32 Å². The first-order valence-electron chi connectivity index (χ1n) is 4.89. The lowest BCUT2D eigenvalue weighted by Gasteiger charge is -2.17. The molecular formula is C11H17ClN2O. The summed E-state index contributed by atoms with van der Waals surface area (Å²) in [4.78, 5) is 0. The van der Waals surface area contributed by atoms with E-state index in [0.717, 1.165) is 17.0 Å². The summed E-state index contributed by atoms with van der Waals surface area (Å²) in [6, 6.07) is 3.98. The third kappa shape index (κ3) is 3.01. The van der Waals surface area contributed by atoms with Crippen LogP contribution in [-0.2, 0) is 0 Å². The lowest BCUT2D eigenvalue weighted by molar-refractivity contribution is 0.416. The van der Waals surface area contributed by atoms with Gasteiger partial charge < -0.3 is 15.8 Å². The molecule has 3 N–H and O–H groups in total. The number of halogens is 1. The summed E-state index contributed by atoms with van der Waals surface area (Å²) in [5, 5.41) is 3.98. The summed E-state index contributed by atoms with van der Waals surface area (Å²) in [6.07, 6.45) is 0. The summed E-state index contributed by atoms with van der Waals surface area (Å²) in [5.41, 5.74) is 7.50. The molecule has 0 bridgehead atoms. The van der Waals surface area contributed by atoms with Crippen LogP contribution in [0.15, 0.2) is 12.1 Å². The maximum absolute atomic E-state index is 6.00. The van der Waals surface area contributed by atoms with Crippen LogP contribution in [0.25, 0.3) is 0 Å². The summed E-state index contributed by atoms with van der Waals surface area (Å²) in [5.74, 6) is 0.742. The number of aryl methyl sites for hydroxylation is 1. The monoisotopic (exact) mass is 228 g/mol. The Labute approximate surface area is 95.6 Å². The van der Waals surface area contributed by atoms with Crippen molar-refractivity contribution in [1.29, 1.82) is 0 Å². The van der Waals surface area contributed by atoms with Gasteiger partial charge in [0, 0.05) is 23.7 Å². The Morgan fingerprint density at radius 2 is 2.20 bits per heavy atom. The number of hydrogen-bond acceptors (Lipinski definition) is 3. The van der Waals surface area contributed by atoms with Crippen molar-refractivity contribution in [2.24, 2.45) is 5.73 Å². The smallest absolute Gasteiger partial charge is 0.143 e. The Hall–Kier alpha value is -0.930. The second-order valence-electron chi connectivity index (χ2n) is 3.58. The maximum Gasteiger partial charge on any atom is 0.143 e. The Balaban J connectivity index is 2.99. The fourth-order valence-electron chi connectivity index (χ4n) is 1.27. The van der Waals surface area contributed by atoms with Crippen molar-refractivity contribution in [3.8, 4) is 5.75 Å². The standard InChI is InChI=1S/C11H17ClN2O/c1-7-4-10(14-8(2)6-13)11(15-3)5-9(7)12/h4-5,8,14H,6,13H2,1-3H3. The molecule has 0 radical (unpaired) electrons. The number of benzene rings is 1. The Bertz CT molecular complexity index is 342. The average molecular weight is 229 g/mol. The van der Waals surface area contributed by atoms with E-state index in [9.17, 15) is 0 Å². The highest BCUT2D eigenvalue weighted by atomic mass is 35.5. The highest BCUT2D eigenvalue weighted by Crippen LogP contribution is 2.31. The fourth-order valence-corrected chi connectivity index (χ4v) is 1.42. The maximum atomic E-state index is 6.00. The normalized spacial score (nSPS) is 12.3. The first kappa shape index (κ1) is 12.1. The van der Waals surface area contributed by atoms with Gasteiger partial charge in [0.1, 0.15) is 5.75 Å². The Kier molecular flexibility index (Phi) is 4.24. The van der Waals surface area contributed by atoms with Crippen molar-refractivity contribution in [3.05, 3.63) is 22.7 Å². The number of rotatable bonds is 4. The molecule has 0 heterocycles. The van der Waals surface area contributed by atoms with Crippen LogP contribution in [0.5, 0.6) is 5.75 Å². The SMILES string of the molecule is COc1cc(Cl)c(C)cc1NC(C)CN. The largest absolute Gasteiger partial charge is 0.495 e. The molecule has 15 heavy (non-hydrogen) atoms. The number of hydrogen-bond donors (Lipinski definition) is 2. The van der Waals surface area contributed by atoms with Crippen molar-refractivity contribution in [2.75, 3.05) is 19.0 Å². The average Bonchev–Trinajstić information content (AvgIpc) is 2.22. The molecule has 1 rings (SSSR count). The zero-order valence-corrected chi connectivity index (χ0v) is 10.1. The van der Waals surface area contributed by atoms with Crippen LogP contribution in [0.3, 0.4) is 0 Å². The van der Waals surface area contributed by atoms with E-state index >= 15 is 0 Å². The zero-order chi connectivity index (χ0) is 11.4. The van der Waals surface area contributed by atoms with E-state index in [1.165, 1.54) is 0 Å². The molecule has 1 aromatic rings. The molecule has 4 heteroatoms. The van der Waals surface area contributed by atoms with Crippen LogP contribution in [-0.4, -0.2) is 19.7 Å². The van der Waals surface area contributed by atoms with Crippen LogP contribution in [0.4, 0.5) is 5.69 Å². The Morgan fingerprint density at radius 1 is 1.53 bits per heavy atom. The molecule has 0 aliphatic carbocycles. The van der Waals surface area contributed by atoms with Crippen molar-refractivity contribution in [2.45, 2.75) is 19.9 Å². The van der Waals surface area contributed by atoms with Gasteiger partial charge in [-0.3, -0.25) is 0 Å². The van der Waals surface area contributed by atoms with E-state index in [0.29, 0.717) is 11.6 Å². The van der Waals surface area contributed by atoms with Crippen molar-refractivity contribution >= 4 is 17.3 Å². The van der Waals surface area contributed by atoms with Gasteiger partial charge in [0.25, 0.3) is 0 Å². The molecule has 84 valence electrons. The molecule has 0 saturated carbocycles. The van der Waals surface area contributed by atoms with Gasteiger partial charge in [-0.1, -0.05) is 11.6 Å². The van der Waals surface area contributed by atoms with E-state index in [-0.39, 0.29) is 6.04 Å². The minimum absolute atomic E-state index is 0.208. The first-order valence-corrected chi connectivity index (χ1v) is 5.27. The molecular weight excluding hydrogens is 212 g/mol. The quantitative estimate of drug-likeness (QED) is 0.832. The third-order valence-corrected chi connectivity index (χ3v) is 2.64. The van der Waals surface area contributed by atoms with E-state index in [4.69, 9.17) is 22.1 Å². The lowest BCUT2D eigenvalue weighted by Crippen LogP contribution is -2.25. The second-order valence-corrected chi connectivity index (χ2v) is 3.99. The third-order valence-electron chi connectivity index (χ3n) is 2.24. The molecule has 1 atom stereocenters. The van der Waals surface area contributed by atoms with Gasteiger partial charge in [0.05, 0.1) is 12.8 Å². The van der Waals surface area contributed by atoms with Crippen LogP contribution < -0.4 is 15.8 Å². The number of methoxy groups -OCH3 is 1. The molecule has 0 amide bonds. The van der Waals surface area contributed by atoms with Gasteiger partial charge in [0.2, 0.25) is 0 Å². The molecule has 1 unspecified atom stereocenters. The molecule has 1 aromatic carbocycles. The molecule has 0 aliphatic heterocycles. The number of nitrogens with one attached hydrogen (secondary N) is 1. The lowest BCUT2D eigenvalue weighted by atomic mass is 10.2. The van der Waals surface area contributed by atoms with E-state index in [1.54, 1.807) is 7.11 Å². The van der Waals surface area contributed by atoms with Crippen LogP contribution >= 0.6 is 11.6 Å². The number of nitrogens with two attached hydrogens (primary N) is 1. The van der Waals surface area contributed by atoms with Gasteiger partial charge in [0.15, 0.2) is 0 Å². The summed E-state index contributed by atoms with van der Waals surface area (Å²) in [7, 11) is 1.62. The summed E-state index contributed by atoms with van der Waals surface area (Å²) in [6.45, 7) is 4.55. The summed E-state index contributed by atoms with van der Waals surface area (Å²) >= 11 is 6.00. The highest BCUT2D eigenvalue weighted by Gasteiger charge is 2.08. The molecule has 0 fully saturated rings. The molecule has 0 saturated heterocycles. The summed E-state index contributed by atoms with van der Waals surface area (Å²) < 4.78 is 5.24. The molecule has 0 spiro atoms. The predicted molar refractivity (Wildman–Crippen MR) is 64.9 cm³/mol. The fraction of sp³-hybridized carbons (Fsp3) is 0.455. The minimum Gasteiger partial charge on any atom is -0.495 e. The molecule has 0 aliphatic rings. The number of ether oxygens (including phenoxy) is 1. The molecule has 3 nitrogen and oxygen atoms in total. The van der Waals surface area contributed by atoms with Gasteiger partial charge in [-0.15, -0.1) is 0 Å². The van der Waals surface area contributed by atoms with Crippen molar-refractivity contribution in [3.63, 3.8) is 0 Å². The topological polar surface area (TPSA) is 47.3 Å². The van der Waals surface area contributed by atoms with Gasteiger partial charge in [-0.05, 0) is 25.5 Å². The first-order chi connectivity index (χ1) is 7.08. The predicted octanol–water partition coefficient (Wildman–Crippen LogP) is 2.42. The van der Waals surface area contributed by atoms with Crippen molar-refractivity contribution < 1.29 is 4.74 Å². The van der Waals surface area contributed by atoms with Gasteiger partial charge in [-0.2, -0.15) is 0 Å². The van der Waals surface area contributed by atoms with Crippen LogP contribution in [0.1, 0.15) is 12.5 Å². The van der Waals surface area contributed by atoms with Gasteiger partial charge in [-0.25, -0.2) is 0 Å². The second kappa shape index (κ2) is 5.24.